The molecule has 0 atom stereocenters. The van der Waals surface area contributed by atoms with Crippen LogP contribution in [0.25, 0.3) is 27.8 Å². The molecule has 4 rings (SSSR count). The Kier molecular flexibility index (Phi) is 2.97. The molecule has 3 heteroatoms. The molecule has 0 aliphatic heterocycles. The molecule has 0 amide bonds. The third-order valence-electron chi connectivity index (χ3n) is 3.87. The normalized spacial score (nSPS) is 11.0. The number of imidazole rings is 1. The van der Waals surface area contributed by atoms with Crippen LogP contribution < -0.4 is 0 Å². The molecule has 2 aromatic carbocycles. The highest BCUT2D eigenvalue weighted by molar-refractivity contribution is 5.83. The number of pyridine rings is 1. The van der Waals surface area contributed by atoms with Crippen LogP contribution in [0.3, 0.4) is 0 Å². The first-order valence-electron chi connectivity index (χ1n) is 7.26. The number of aromatic nitrogens is 3. The van der Waals surface area contributed by atoms with Gasteiger partial charge in [-0.05, 0) is 54.4 Å². The first-order chi connectivity index (χ1) is 10.8. The monoisotopic (exact) mass is 285 g/mol. The predicted octanol–water partition coefficient (Wildman–Crippen LogP) is 4.40. The van der Waals surface area contributed by atoms with Gasteiger partial charge in [0, 0.05) is 18.1 Å². The van der Waals surface area contributed by atoms with Crippen molar-refractivity contribution in [2.75, 3.05) is 0 Å². The second-order valence-electron chi connectivity index (χ2n) is 5.39. The summed E-state index contributed by atoms with van der Waals surface area (Å²) in [5.41, 5.74) is 6.81. The van der Waals surface area contributed by atoms with Gasteiger partial charge in [0.05, 0.1) is 11.0 Å². The van der Waals surface area contributed by atoms with Gasteiger partial charge in [0.1, 0.15) is 6.33 Å². The van der Waals surface area contributed by atoms with Crippen molar-refractivity contribution in [3.8, 4) is 16.8 Å². The van der Waals surface area contributed by atoms with Gasteiger partial charge in [-0.2, -0.15) is 0 Å². The minimum atomic E-state index is 0.995. The Hall–Kier alpha value is -2.94. The average Bonchev–Trinajstić information content (AvgIpc) is 2.99. The number of benzene rings is 2. The Morgan fingerprint density at radius 1 is 0.818 bits per heavy atom. The molecular weight excluding hydrogens is 270 g/mol. The van der Waals surface area contributed by atoms with Crippen LogP contribution in [0.15, 0.2) is 73.3 Å². The standard InChI is InChI=1S/C19H15N3/c1-14-2-5-17(6-3-14)22-13-21-18-12-16(4-7-19(18)22)15-8-10-20-11-9-15/h2-13H,1H3. The molecule has 0 aliphatic rings. The molecule has 2 aromatic heterocycles. The minimum Gasteiger partial charge on any atom is -0.299 e. The van der Waals surface area contributed by atoms with Crippen LogP contribution in [0, 0.1) is 6.92 Å². The van der Waals surface area contributed by atoms with Gasteiger partial charge in [0.2, 0.25) is 0 Å². The molecule has 4 aromatic rings. The van der Waals surface area contributed by atoms with E-state index in [4.69, 9.17) is 0 Å². The highest BCUT2D eigenvalue weighted by Crippen LogP contribution is 2.25. The van der Waals surface area contributed by atoms with Gasteiger partial charge in [-0.25, -0.2) is 4.98 Å². The van der Waals surface area contributed by atoms with Crippen molar-refractivity contribution in [2.24, 2.45) is 0 Å². The summed E-state index contributed by atoms with van der Waals surface area (Å²) in [7, 11) is 0. The molecule has 2 heterocycles. The molecule has 0 N–H and O–H groups in total. The molecule has 3 nitrogen and oxygen atoms in total. The van der Waals surface area contributed by atoms with E-state index in [9.17, 15) is 0 Å². The van der Waals surface area contributed by atoms with Gasteiger partial charge >= 0.3 is 0 Å². The summed E-state index contributed by atoms with van der Waals surface area (Å²) in [5.74, 6) is 0. The smallest absolute Gasteiger partial charge is 0.100 e. The second kappa shape index (κ2) is 5.11. The zero-order valence-corrected chi connectivity index (χ0v) is 12.3. The van der Waals surface area contributed by atoms with Crippen molar-refractivity contribution in [3.05, 3.63) is 78.9 Å². The molecule has 106 valence electrons. The van der Waals surface area contributed by atoms with Gasteiger partial charge in [-0.15, -0.1) is 0 Å². The van der Waals surface area contributed by atoms with Crippen LogP contribution in [0.4, 0.5) is 0 Å². The highest BCUT2D eigenvalue weighted by atomic mass is 15.0. The summed E-state index contributed by atoms with van der Waals surface area (Å²) < 4.78 is 2.12. The first kappa shape index (κ1) is 12.8. The fraction of sp³-hybridized carbons (Fsp3) is 0.0526. The highest BCUT2D eigenvalue weighted by Gasteiger charge is 2.06. The van der Waals surface area contributed by atoms with Crippen molar-refractivity contribution in [1.82, 2.24) is 14.5 Å². The summed E-state index contributed by atoms with van der Waals surface area (Å²) in [6, 6.07) is 18.9. The molecule has 22 heavy (non-hydrogen) atoms. The van der Waals surface area contributed by atoms with E-state index in [-0.39, 0.29) is 0 Å². The molecule has 0 unspecified atom stereocenters. The molecule has 0 fully saturated rings. The third-order valence-corrected chi connectivity index (χ3v) is 3.87. The van der Waals surface area contributed by atoms with E-state index in [1.807, 2.05) is 30.9 Å². The SMILES string of the molecule is Cc1ccc(-n2cnc3cc(-c4ccncc4)ccc32)cc1. The molecule has 0 saturated carbocycles. The molecule has 0 bridgehead atoms. The van der Waals surface area contributed by atoms with E-state index in [1.165, 1.54) is 5.56 Å². The first-order valence-corrected chi connectivity index (χ1v) is 7.26. The number of aryl methyl sites for hydroxylation is 1. The molecule has 0 spiro atoms. The van der Waals surface area contributed by atoms with E-state index < -0.39 is 0 Å². The minimum absolute atomic E-state index is 0.995. The van der Waals surface area contributed by atoms with Gasteiger partial charge < -0.3 is 0 Å². The lowest BCUT2D eigenvalue weighted by Gasteiger charge is -2.06. The lowest BCUT2D eigenvalue weighted by atomic mass is 10.1. The molecular formula is C19H15N3. The van der Waals surface area contributed by atoms with E-state index in [0.717, 1.165) is 27.8 Å². The average molecular weight is 285 g/mol. The van der Waals surface area contributed by atoms with E-state index in [2.05, 4.69) is 63.9 Å². The summed E-state index contributed by atoms with van der Waals surface area (Å²) >= 11 is 0. The quantitative estimate of drug-likeness (QED) is 0.546. The summed E-state index contributed by atoms with van der Waals surface area (Å²) in [5, 5.41) is 0. The van der Waals surface area contributed by atoms with Crippen molar-refractivity contribution >= 4 is 11.0 Å². The Balaban J connectivity index is 1.82. The van der Waals surface area contributed by atoms with E-state index in [0.29, 0.717) is 0 Å². The molecule has 0 saturated heterocycles. The van der Waals surface area contributed by atoms with Crippen molar-refractivity contribution in [3.63, 3.8) is 0 Å². The van der Waals surface area contributed by atoms with E-state index in [1.54, 1.807) is 0 Å². The molecule has 0 aliphatic carbocycles. The van der Waals surface area contributed by atoms with Crippen molar-refractivity contribution in [2.45, 2.75) is 6.92 Å². The maximum atomic E-state index is 4.55. The van der Waals surface area contributed by atoms with Crippen LogP contribution >= 0.6 is 0 Å². The Morgan fingerprint density at radius 3 is 2.36 bits per heavy atom. The van der Waals surface area contributed by atoms with Crippen LogP contribution in [-0.2, 0) is 0 Å². The van der Waals surface area contributed by atoms with Crippen molar-refractivity contribution < 1.29 is 0 Å². The fourth-order valence-electron chi connectivity index (χ4n) is 2.65. The topological polar surface area (TPSA) is 30.7 Å². The van der Waals surface area contributed by atoms with Gasteiger partial charge in [-0.3, -0.25) is 9.55 Å². The van der Waals surface area contributed by atoms with Gasteiger partial charge in [0.25, 0.3) is 0 Å². The van der Waals surface area contributed by atoms with Crippen LogP contribution in [0.5, 0.6) is 0 Å². The summed E-state index contributed by atoms with van der Waals surface area (Å²) in [6.07, 6.45) is 5.50. The van der Waals surface area contributed by atoms with Crippen molar-refractivity contribution in [1.29, 1.82) is 0 Å². The largest absolute Gasteiger partial charge is 0.299 e. The van der Waals surface area contributed by atoms with Gasteiger partial charge in [-0.1, -0.05) is 23.8 Å². The third kappa shape index (κ3) is 2.17. The Bertz CT molecular complexity index is 922. The lowest BCUT2D eigenvalue weighted by molar-refractivity contribution is 1.09. The fourth-order valence-corrected chi connectivity index (χ4v) is 2.65. The zero-order valence-electron chi connectivity index (χ0n) is 12.3. The Labute approximate surface area is 128 Å². The maximum absolute atomic E-state index is 4.55. The van der Waals surface area contributed by atoms with Gasteiger partial charge in [0.15, 0.2) is 0 Å². The zero-order chi connectivity index (χ0) is 14.9. The summed E-state index contributed by atoms with van der Waals surface area (Å²) in [6.45, 7) is 2.09. The van der Waals surface area contributed by atoms with Crippen LogP contribution in [0.1, 0.15) is 5.56 Å². The maximum Gasteiger partial charge on any atom is 0.100 e. The number of rotatable bonds is 2. The van der Waals surface area contributed by atoms with E-state index >= 15 is 0 Å². The molecule has 0 radical (unpaired) electrons. The Morgan fingerprint density at radius 2 is 1.59 bits per heavy atom. The van der Waals surface area contributed by atoms with Crippen LogP contribution in [-0.4, -0.2) is 14.5 Å². The lowest BCUT2D eigenvalue weighted by Crippen LogP contribution is -1.91. The number of fused-ring (bicyclic) bond motifs is 1. The predicted molar refractivity (Wildman–Crippen MR) is 89.0 cm³/mol. The summed E-state index contributed by atoms with van der Waals surface area (Å²) in [4.78, 5) is 8.62. The second-order valence-corrected chi connectivity index (χ2v) is 5.39. The number of hydrogen-bond acceptors (Lipinski definition) is 2. The number of hydrogen-bond donors (Lipinski definition) is 0. The van der Waals surface area contributed by atoms with Crippen LogP contribution in [0.2, 0.25) is 0 Å². The number of nitrogens with zero attached hydrogens (tertiary/aromatic N) is 3.